The number of amides is 1. The van der Waals surface area contributed by atoms with Gasteiger partial charge < -0.3 is 9.88 Å². The highest BCUT2D eigenvalue weighted by Crippen LogP contribution is 2.43. The average Bonchev–Trinajstić information content (AvgIpc) is 2.88. The number of hydrogen-bond acceptors (Lipinski definition) is 1. The lowest BCUT2D eigenvalue weighted by molar-refractivity contribution is -0.129. The van der Waals surface area contributed by atoms with Gasteiger partial charge in [0.2, 0.25) is 5.91 Å². The van der Waals surface area contributed by atoms with Crippen LogP contribution in [0.25, 0.3) is 10.9 Å². The van der Waals surface area contributed by atoms with Crippen molar-refractivity contribution in [1.29, 1.82) is 0 Å². The first kappa shape index (κ1) is 10.2. The first-order valence-corrected chi connectivity index (χ1v) is 6.64. The van der Waals surface area contributed by atoms with Gasteiger partial charge in [0.15, 0.2) is 0 Å². The number of aromatic nitrogens is 1. The molecular weight excluding hydrogens is 224 g/mol. The van der Waals surface area contributed by atoms with Gasteiger partial charge in [-0.1, -0.05) is 25.1 Å². The lowest BCUT2D eigenvalue weighted by atomic mass is 9.92. The molecule has 0 unspecified atom stereocenters. The van der Waals surface area contributed by atoms with Crippen molar-refractivity contribution >= 4 is 16.8 Å². The largest absolute Gasteiger partial charge is 0.356 e. The minimum absolute atomic E-state index is 0.272. The molecular formula is C15H16N2O. The number of benzene rings is 1. The average molecular weight is 240 g/mol. The van der Waals surface area contributed by atoms with E-state index in [0.717, 1.165) is 13.0 Å². The van der Waals surface area contributed by atoms with Crippen molar-refractivity contribution in [2.45, 2.75) is 25.8 Å². The van der Waals surface area contributed by atoms with Crippen LogP contribution in [0.15, 0.2) is 24.3 Å². The highest BCUT2D eigenvalue weighted by molar-refractivity contribution is 5.87. The molecule has 1 fully saturated rings. The van der Waals surface area contributed by atoms with E-state index < -0.39 is 0 Å². The number of H-pyrrole nitrogens is 1. The van der Waals surface area contributed by atoms with Crippen LogP contribution < -0.4 is 0 Å². The minimum atomic E-state index is 0.272. The van der Waals surface area contributed by atoms with Crippen LogP contribution in [0.3, 0.4) is 0 Å². The minimum Gasteiger partial charge on any atom is -0.356 e. The number of aromatic amines is 1. The molecule has 1 amide bonds. The Bertz CT molecular complexity index is 643. The smallest absolute Gasteiger partial charge is 0.223 e. The highest BCUT2D eigenvalue weighted by atomic mass is 16.2. The van der Waals surface area contributed by atoms with E-state index in [1.165, 1.54) is 22.2 Å². The maximum Gasteiger partial charge on any atom is 0.223 e. The molecule has 18 heavy (non-hydrogen) atoms. The third-order valence-electron chi connectivity index (χ3n) is 4.44. The second-order valence-electron chi connectivity index (χ2n) is 5.53. The highest BCUT2D eigenvalue weighted by Gasteiger charge is 2.42. The summed E-state index contributed by atoms with van der Waals surface area (Å²) in [5.41, 5.74) is 3.91. The fourth-order valence-corrected chi connectivity index (χ4v) is 3.65. The van der Waals surface area contributed by atoms with Crippen molar-refractivity contribution in [2.75, 3.05) is 6.54 Å². The molecule has 1 aromatic heterocycles. The fourth-order valence-electron chi connectivity index (χ4n) is 3.65. The zero-order valence-electron chi connectivity index (χ0n) is 10.4. The Morgan fingerprint density at radius 2 is 2.17 bits per heavy atom. The van der Waals surface area contributed by atoms with E-state index in [0.29, 0.717) is 18.2 Å². The second kappa shape index (κ2) is 3.37. The molecule has 4 rings (SSSR count). The first-order valence-electron chi connectivity index (χ1n) is 6.64. The molecule has 1 N–H and O–H groups in total. The van der Waals surface area contributed by atoms with Crippen LogP contribution in [0.4, 0.5) is 0 Å². The Morgan fingerprint density at radius 3 is 3.06 bits per heavy atom. The summed E-state index contributed by atoms with van der Waals surface area (Å²) in [6, 6.07) is 8.73. The monoisotopic (exact) mass is 240 g/mol. The number of carbonyl (C=O) groups excluding carboxylic acids is 1. The molecule has 3 heterocycles. The molecule has 3 heteroatoms. The van der Waals surface area contributed by atoms with Gasteiger partial charge in [-0.2, -0.15) is 0 Å². The SMILES string of the molecule is C[C@@H]1CC(=O)N2CCc3c([nH]c4ccccc34)[C@@H]12. The van der Waals surface area contributed by atoms with Gasteiger partial charge in [-0.25, -0.2) is 0 Å². The van der Waals surface area contributed by atoms with Crippen molar-refractivity contribution in [3.05, 3.63) is 35.5 Å². The first-order chi connectivity index (χ1) is 8.75. The summed E-state index contributed by atoms with van der Waals surface area (Å²) >= 11 is 0. The maximum atomic E-state index is 12.0. The van der Waals surface area contributed by atoms with E-state index >= 15 is 0 Å². The molecule has 0 bridgehead atoms. The molecule has 2 aromatic rings. The summed E-state index contributed by atoms with van der Waals surface area (Å²) in [5.74, 6) is 0.737. The van der Waals surface area contributed by atoms with Gasteiger partial charge in [0.1, 0.15) is 0 Å². The number of rotatable bonds is 0. The second-order valence-corrected chi connectivity index (χ2v) is 5.53. The van der Waals surface area contributed by atoms with Crippen molar-refractivity contribution in [2.24, 2.45) is 5.92 Å². The fraction of sp³-hybridized carbons (Fsp3) is 0.400. The van der Waals surface area contributed by atoms with Gasteiger partial charge in [0.25, 0.3) is 0 Å². The third-order valence-corrected chi connectivity index (χ3v) is 4.44. The lowest BCUT2D eigenvalue weighted by Gasteiger charge is -2.31. The summed E-state index contributed by atoms with van der Waals surface area (Å²) in [7, 11) is 0. The molecule has 0 aliphatic carbocycles. The van der Waals surface area contributed by atoms with E-state index in [4.69, 9.17) is 0 Å². The summed E-state index contributed by atoms with van der Waals surface area (Å²) in [4.78, 5) is 17.6. The van der Waals surface area contributed by atoms with Crippen molar-refractivity contribution in [1.82, 2.24) is 9.88 Å². The van der Waals surface area contributed by atoms with Crippen molar-refractivity contribution in [3.8, 4) is 0 Å². The van der Waals surface area contributed by atoms with Crippen LogP contribution in [0.2, 0.25) is 0 Å². The predicted octanol–water partition coefficient (Wildman–Crippen LogP) is 2.63. The molecule has 0 radical (unpaired) electrons. The van der Waals surface area contributed by atoms with Crippen LogP contribution in [-0.4, -0.2) is 22.3 Å². The molecule has 0 saturated carbocycles. The molecule has 1 saturated heterocycles. The number of nitrogens with one attached hydrogen (secondary N) is 1. The van der Waals surface area contributed by atoms with Crippen LogP contribution in [0, 0.1) is 5.92 Å². The predicted molar refractivity (Wildman–Crippen MR) is 70.2 cm³/mol. The zero-order chi connectivity index (χ0) is 12.3. The maximum absolute atomic E-state index is 12.0. The zero-order valence-corrected chi connectivity index (χ0v) is 10.4. The van der Waals surface area contributed by atoms with Gasteiger partial charge in [0.05, 0.1) is 6.04 Å². The van der Waals surface area contributed by atoms with E-state index in [1.54, 1.807) is 0 Å². The molecule has 3 nitrogen and oxygen atoms in total. The van der Waals surface area contributed by atoms with Crippen LogP contribution >= 0.6 is 0 Å². The Labute approximate surface area is 106 Å². The Balaban J connectivity index is 1.95. The third kappa shape index (κ3) is 1.17. The number of fused-ring (bicyclic) bond motifs is 5. The lowest BCUT2D eigenvalue weighted by Crippen LogP contribution is -2.35. The van der Waals surface area contributed by atoms with E-state index in [-0.39, 0.29) is 6.04 Å². The number of hydrogen-bond donors (Lipinski definition) is 1. The standard InChI is InChI=1S/C15H16N2O/c1-9-8-13(18)17-7-6-11-10-4-2-3-5-12(10)16-14(11)15(9)17/h2-5,9,15-16H,6-8H2,1H3/t9-,15-/m1/s1. The van der Waals surface area contributed by atoms with Gasteiger partial charge in [-0.15, -0.1) is 0 Å². The summed E-state index contributed by atoms with van der Waals surface area (Å²) < 4.78 is 0. The van der Waals surface area contributed by atoms with Crippen molar-refractivity contribution in [3.63, 3.8) is 0 Å². The molecule has 0 spiro atoms. The number of para-hydroxylation sites is 1. The van der Waals surface area contributed by atoms with Gasteiger partial charge in [-0.05, 0) is 24.0 Å². The van der Waals surface area contributed by atoms with Crippen molar-refractivity contribution < 1.29 is 4.79 Å². The van der Waals surface area contributed by atoms with Gasteiger partial charge in [0, 0.05) is 29.6 Å². The normalized spacial score (nSPS) is 26.5. The van der Waals surface area contributed by atoms with E-state index in [2.05, 4.69) is 41.1 Å². The van der Waals surface area contributed by atoms with E-state index in [1.807, 2.05) is 0 Å². The number of nitrogens with zero attached hydrogens (tertiary/aromatic N) is 1. The Morgan fingerprint density at radius 1 is 1.33 bits per heavy atom. The van der Waals surface area contributed by atoms with Crippen LogP contribution in [0.1, 0.15) is 30.6 Å². The van der Waals surface area contributed by atoms with Crippen LogP contribution in [-0.2, 0) is 11.2 Å². The number of carbonyl (C=O) groups is 1. The molecule has 1 aromatic carbocycles. The summed E-state index contributed by atoms with van der Waals surface area (Å²) in [6.07, 6.45) is 1.67. The summed E-state index contributed by atoms with van der Waals surface area (Å²) in [6.45, 7) is 3.06. The van der Waals surface area contributed by atoms with Crippen LogP contribution in [0.5, 0.6) is 0 Å². The molecule has 92 valence electrons. The Hall–Kier alpha value is -1.77. The van der Waals surface area contributed by atoms with E-state index in [9.17, 15) is 4.79 Å². The Kier molecular flexibility index (Phi) is 1.91. The summed E-state index contributed by atoms with van der Waals surface area (Å²) in [5, 5.41) is 1.33. The molecule has 2 atom stereocenters. The topological polar surface area (TPSA) is 36.1 Å². The molecule has 2 aliphatic rings. The molecule has 2 aliphatic heterocycles. The van der Waals surface area contributed by atoms with Gasteiger partial charge in [-0.3, -0.25) is 4.79 Å². The van der Waals surface area contributed by atoms with Gasteiger partial charge >= 0.3 is 0 Å². The quantitative estimate of drug-likeness (QED) is 0.755.